The lowest BCUT2D eigenvalue weighted by atomic mass is 10.1. The maximum Gasteiger partial charge on any atom is 0.243 e. The molecule has 1 aliphatic heterocycles. The fourth-order valence-corrected chi connectivity index (χ4v) is 3.01. The molecule has 1 aliphatic rings. The first-order valence-corrected chi connectivity index (χ1v) is 8.47. The van der Waals surface area contributed by atoms with Gasteiger partial charge in [0.25, 0.3) is 0 Å². The molecule has 2 heterocycles. The Hall–Kier alpha value is -1.92. The molecule has 0 aliphatic carbocycles. The van der Waals surface area contributed by atoms with E-state index in [1.54, 1.807) is 0 Å². The molecule has 0 saturated carbocycles. The second-order valence-electron chi connectivity index (χ2n) is 6.08. The lowest BCUT2D eigenvalue weighted by Gasteiger charge is -2.36. The van der Waals surface area contributed by atoms with Crippen LogP contribution in [0.3, 0.4) is 0 Å². The number of aryl methyl sites for hydroxylation is 1. The molecule has 24 heavy (non-hydrogen) atoms. The van der Waals surface area contributed by atoms with E-state index in [9.17, 15) is 4.79 Å². The van der Waals surface area contributed by atoms with E-state index in [0.717, 1.165) is 18.7 Å². The molecule has 7 heteroatoms. The largest absolute Gasteiger partial charge is 0.340 e. The molecule has 128 valence electrons. The smallest absolute Gasteiger partial charge is 0.243 e. The Morgan fingerprint density at radius 1 is 1.25 bits per heavy atom. The van der Waals surface area contributed by atoms with Crippen molar-refractivity contribution in [2.75, 3.05) is 26.2 Å². The number of amides is 1. The first-order chi connectivity index (χ1) is 11.5. The van der Waals surface area contributed by atoms with Gasteiger partial charge in [0.1, 0.15) is 0 Å². The molecule has 0 N–H and O–H groups in total. The number of benzene rings is 1. The zero-order valence-electron chi connectivity index (χ0n) is 13.9. The van der Waals surface area contributed by atoms with Crippen LogP contribution in [0.25, 0.3) is 0 Å². The number of hydrogen-bond acceptors (Lipinski definition) is 5. The highest BCUT2D eigenvalue weighted by Crippen LogP contribution is 2.20. The van der Waals surface area contributed by atoms with Crippen LogP contribution in [0.1, 0.15) is 30.2 Å². The third kappa shape index (κ3) is 3.94. The number of carbonyl (C=O) groups excluding carboxylic acids is 1. The van der Waals surface area contributed by atoms with Gasteiger partial charge in [0.05, 0.1) is 12.5 Å². The van der Waals surface area contributed by atoms with E-state index in [1.165, 1.54) is 0 Å². The van der Waals surface area contributed by atoms with E-state index in [1.807, 2.05) is 36.1 Å². The van der Waals surface area contributed by atoms with Gasteiger partial charge < -0.3 is 9.42 Å². The fraction of sp³-hybridized carbons (Fsp3) is 0.471. The first-order valence-electron chi connectivity index (χ1n) is 8.09. The summed E-state index contributed by atoms with van der Waals surface area (Å²) in [5.41, 5.74) is 0.988. The summed E-state index contributed by atoms with van der Waals surface area (Å²) in [6.45, 7) is 6.89. The molecule has 0 radical (unpaired) electrons. The van der Waals surface area contributed by atoms with E-state index < -0.39 is 0 Å². The molecule has 1 amide bonds. The Kier molecular flexibility index (Phi) is 5.16. The van der Waals surface area contributed by atoms with Gasteiger partial charge in [0.15, 0.2) is 5.82 Å². The third-order valence-corrected chi connectivity index (χ3v) is 4.64. The third-order valence-electron chi connectivity index (χ3n) is 4.38. The predicted octanol–water partition coefficient (Wildman–Crippen LogP) is 2.48. The predicted molar refractivity (Wildman–Crippen MR) is 90.8 cm³/mol. The lowest BCUT2D eigenvalue weighted by molar-refractivity contribution is -0.132. The van der Waals surface area contributed by atoms with Crippen LogP contribution in [0.2, 0.25) is 5.02 Å². The van der Waals surface area contributed by atoms with Crippen molar-refractivity contribution in [1.82, 2.24) is 19.9 Å². The van der Waals surface area contributed by atoms with Gasteiger partial charge in [-0.05, 0) is 31.5 Å². The van der Waals surface area contributed by atoms with Gasteiger partial charge in [-0.15, -0.1) is 0 Å². The molecular formula is C17H21ClN4O2. The summed E-state index contributed by atoms with van der Waals surface area (Å²) in [6, 6.07) is 7.50. The number of carbonyl (C=O) groups is 1. The van der Waals surface area contributed by atoms with Crippen molar-refractivity contribution in [3.05, 3.63) is 46.6 Å². The fourth-order valence-electron chi connectivity index (χ4n) is 2.89. The quantitative estimate of drug-likeness (QED) is 0.849. The highest BCUT2D eigenvalue weighted by Gasteiger charge is 2.27. The second-order valence-corrected chi connectivity index (χ2v) is 6.51. The molecule has 1 aromatic heterocycles. The zero-order chi connectivity index (χ0) is 17.1. The van der Waals surface area contributed by atoms with Crippen molar-refractivity contribution in [3.63, 3.8) is 0 Å². The summed E-state index contributed by atoms with van der Waals surface area (Å²) >= 11 is 5.88. The minimum absolute atomic E-state index is 0.0692. The minimum Gasteiger partial charge on any atom is -0.340 e. The van der Waals surface area contributed by atoms with Gasteiger partial charge in [0.2, 0.25) is 11.8 Å². The molecule has 1 fully saturated rings. The number of rotatable bonds is 4. The summed E-state index contributed by atoms with van der Waals surface area (Å²) in [5, 5.41) is 4.53. The Morgan fingerprint density at radius 3 is 2.50 bits per heavy atom. The number of halogens is 1. The maximum absolute atomic E-state index is 12.4. The normalized spacial score (nSPS) is 17.0. The van der Waals surface area contributed by atoms with E-state index in [0.29, 0.717) is 36.2 Å². The van der Waals surface area contributed by atoms with E-state index in [2.05, 4.69) is 22.0 Å². The van der Waals surface area contributed by atoms with Crippen molar-refractivity contribution in [2.45, 2.75) is 26.3 Å². The van der Waals surface area contributed by atoms with Gasteiger partial charge in [0, 0.05) is 31.2 Å². The van der Waals surface area contributed by atoms with Gasteiger partial charge in [-0.1, -0.05) is 28.9 Å². The first kappa shape index (κ1) is 16.9. The van der Waals surface area contributed by atoms with Crippen LogP contribution in [0.5, 0.6) is 0 Å². The highest BCUT2D eigenvalue weighted by atomic mass is 35.5. The zero-order valence-corrected chi connectivity index (χ0v) is 14.7. The van der Waals surface area contributed by atoms with Crippen molar-refractivity contribution in [3.8, 4) is 0 Å². The van der Waals surface area contributed by atoms with Crippen molar-refractivity contribution in [2.24, 2.45) is 0 Å². The number of hydrogen-bond donors (Lipinski definition) is 0. The average Bonchev–Trinajstić information content (AvgIpc) is 3.03. The lowest BCUT2D eigenvalue weighted by Crippen LogP contribution is -2.49. The minimum atomic E-state index is 0.0692. The molecule has 1 atom stereocenters. The van der Waals surface area contributed by atoms with Crippen LogP contribution in [-0.2, 0) is 11.2 Å². The van der Waals surface area contributed by atoms with Gasteiger partial charge in [-0.3, -0.25) is 9.69 Å². The van der Waals surface area contributed by atoms with Gasteiger partial charge >= 0.3 is 0 Å². The summed E-state index contributed by atoms with van der Waals surface area (Å²) in [4.78, 5) is 20.9. The van der Waals surface area contributed by atoms with Crippen LogP contribution >= 0.6 is 11.6 Å². The topological polar surface area (TPSA) is 62.5 Å². The van der Waals surface area contributed by atoms with E-state index in [4.69, 9.17) is 16.1 Å². The van der Waals surface area contributed by atoms with Crippen LogP contribution < -0.4 is 0 Å². The van der Waals surface area contributed by atoms with Crippen LogP contribution in [0, 0.1) is 6.92 Å². The van der Waals surface area contributed by atoms with Crippen molar-refractivity contribution < 1.29 is 9.32 Å². The monoisotopic (exact) mass is 348 g/mol. The average molecular weight is 349 g/mol. The Morgan fingerprint density at radius 2 is 1.92 bits per heavy atom. The summed E-state index contributed by atoms with van der Waals surface area (Å²) < 4.78 is 5.25. The van der Waals surface area contributed by atoms with E-state index in [-0.39, 0.29) is 11.9 Å². The Balaban J connectivity index is 1.52. The van der Waals surface area contributed by atoms with Gasteiger partial charge in [-0.25, -0.2) is 0 Å². The molecule has 1 aromatic carbocycles. The summed E-state index contributed by atoms with van der Waals surface area (Å²) in [5.74, 6) is 1.43. The standard InChI is InChI=1S/C17H21ClN4O2/c1-12(17-19-13(2)20-24-17)21-7-9-22(10-8-21)16(23)11-14-3-5-15(18)6-4-14/h3-6,12H,7-11H2,1-2H3. The summed E-state index contributed by atoms with van der Waals surface area (Å²) in [7, 11) is 0. The molecular weight excluding hydrogens is 328 g/mol. The molecule has 6 nitrogen and oxygen atoms in total. The maximum atomic E-state index is 12.4. The van der Waals surface area contributed by atoms with Gasteiger partial charge in [-0.2, -0.15) is 4.98 Å². The number of piperazine rings is 1. The van der Waals surface area contributed by atoms with Crippen LogP contribution in [0.4, 0.5) is 0 Å². The highest BCUT2D eigenvalue weighted by molar-refractivity contribution is 6.30. The summed E-state index contributed by atoms with van der Waals surface area (Å²) in [6.07, 6.45) is 0.412. The Bertz CT molecular complexity index is 693. The molecule has 1 saturated heterocycles. The molecule has 3 rings (SSSR count). The van der Waals surface area contributed by atoms with Crippen LogP contribution in [0.15, 0.2) is 28.8 Å². The number of aromatic nitrogens is 2. The second kappa shape index (κ2) is 7.32. The Labute approximate surface area is 146 Å². The molecule has 0 bridgehead atoms. The van der Waals surface area contributed by atoms with E-state index >= 15 is 0 Å². The SMILES string of the molecule is Cc1noc(C(C)N2CCN(C(=O)Cc3ccc(Cl)cc3)CC2)n1. The van der Waals surface area contributed by atoms with Crippen molar-refractivity contribution in [1.29, 1.82) is 0 Å². The number of nitrogens with zero attached hydrogens (tertiary/aromatic N) is 4. The molecule has 2 aromatic rings. The molecule has 0 spiro atoms. The molecule has 1 unspecified atom stereocenters. The van der Waals surface area contributed by atoms with Crippen LogP contribution in [-0.4, -0.2) is 52.0 Å². The van der Waals surface area contributed by atoms with Crippen molar-refractivity contribution >= 4 is 17.5 Å².